The second-order valence-electron chi connectivity index (χ2n) is 6.42. The summed E-state index contributed by atoms with van der Waals surface area (Å²) in [7, 11) is 0. The lowest BCUT2D eigenvalue weighted by Crippen LogP contribution is -2.63. The fourth-order valence-corrected chi connectivity index (χ4v) is 2.73. The van der Waals surface area contributed by atoms with Gasteiger partial charge in [-0.15, -0.1) is 0 Å². The standard InChI is InChI=1S/C15H26N2O2/c1-10(2)6-4-5-9-17-11(3)14(18)16-13(15(17)19)12-7-8-12/h10-13H,4-9H2,1-3H3,(H,16,18). The number of hydrogen-bond donors (Lipinski definition) is 1. The van der Waals surface area contributed by atoms with Crippen LogP contribution in [0.25, 0.3) is 0 Å². The summed E-state index contributed by atoms with van der Waals surface area (Å²) in [5.41, 5.74) is 0. The Morgan fingerprint density at radius 3 is 2.53 bits per heavy atom. The number of nitrogens with one attached hydrogen (secondary N) is 1. The van der Waals surface area contributed by atoms with Gasteiger partial charge in [0.25, 0.3) is 0 Å². The van der Waals surface area contributed by atoms with Gasteiger partial charge in [0, 0.05) is 6.54 Å². The molecule has 1 saturated heterocycles. The van der Waals surface area contributed by atoms with E-state index in [1.165, 1.54) is 6.42 Å². The number of amides is 2. The minimum absolute atomic E-state index is 0.0142. The monoisotopic (exact) mass is 266 g/mol. The molecule has 0 aromatic heterocycles. The predicted octanol–water partition coefficient (Wildman–Crippen LogP) is 1.94. The Labute approximate surface area is 115 Å². The van der Waals surface area contributed by atoms with Gasteiger partial charge in [0.15, 0.2) is 0 Å². The average molecular weight is 266 g/mol. The van der Waals surface area contributed by atoms with Gasteiger partial charge in [-0.05, 0) is 38.0 Å². The molecule has 2 fully saturated rings. The van der Waals surface area contributed by atoms with Crippen LogP contribution in [0.3, 0.4) is 0 Å². The topological polar surface area (TPSA) is 49.4 Å². The molecule has 0 aromatic rings. The molecule has 1 saturated carbocycles. The number of hydrogen-bond acceptors (Lipinski definition) is 2. The van der Waals surface area contributed by atoms with Crippen LogP contribution in [0.5, 0.6) is 0 Å². The molecule has 19 heavy (non-hydrogen) atoms. The molecule has 108 valence electrons. The smallest absolute Gasteiger partial charge is 0.246 e. The van der Waals surface area contributed by atoms with Gasteiger partial charge < -0.3 is 10.2 Å². The largest absolute Gasteiger partial charge is 0.342 e. The van der Waals surface area contributed by atoms with Crippen molar-refractivity contribution in [1.29, 1.82) is 0 Å². The third-order valence-corrected chi connectivity index (χ3v) is 4.22. The number of unbranched alkanes of at least 4 members (excludes halogenated alkanes) is 1. The fourth-order valence-electron chi connectivity index (χ4n) is 2.73. The van der Waals surface area contributed by atoms with Crippen LogP contribution in [0.1, 0.15) is 52.9 Å². The summed E-state index contributed by atoms with van der Waals surface area (Å²) in [5.74, 6) is 1.25. The molecule has 0 bridgehead atoms. The second kappa shape index (κ2) is 5.93. The van der Waals surface area contributed by atoms with Crippen LogP contribution in [0.2, 0.25) is 0 Å². The van der Waals surface area contributed by atoms with Gasteiger partial charge in [-0.3, -0.25) is 9.59 Å². The molecule has 2 unspecified atom stereocenters. The van der Waals surface area contributed by atoms with E-state index in [2.05, 4.69) is 19.2 Å². The van der Waals surface area contributed by atoms with Crippen LogP contribution in [0.4, 0.5) is 0 Å². The molecule has 4 nitrogen and oxygen atoms in total. The van der Waals surface area contributed by atoms with E-state index in [1.54, 1.807) is 4.90 Å². The molecule has 0 spiro atoms. The Hall–Kier alpha value is -1.06. The highest BCUT2D eigenvalue weighted by molar-refractivity contribution is 5.97. The number of piperazine rings is 1. The van der Waals surface area contributed by atoms with Crippen molar-refractivity contribution >= 4 is 11.8 Å². The number of carbonyl (C=O) groups excluding carboxylic acids is 2. The normalized spacial score (nSPS) is 27.9. The summed E-state index contributed by atoms with van der Waals surface area (Å²) in [6.45, 7) is 6.98. The van der Waals surface area contributed by atoms with E-state index in [-0.39, 0.29) is 23.9 Å². The first-order chi connectivity index (χ1) is 9.00. The molecule has 2 atom stereocenters. The van der Waals surface area contributed by atoms with Crippen LogP contribution < -0.4 is 5.32 Å². The van der Waals surface area contributed by atoms with Crippen molar-refractivity contribution in [2.75, 3.05) is 6.54 Å². The lowest BCUT2D eigenvalue weighted by atomic mass is 10.0. The highest BCUT2D eigenvalue weighted by Gasteiger charge is 2.45. The molecule has 0 aromatic carbocycles. The van der Waals surface area contributed by atoms with Crippen molar-refractivity contribution < 1.29 is 9.59 Å². The maximum Gasteiger partial charge on any atom is 0.246 e. The highest BCUT2D eigenvalue weighted by atomic mass is 16.2. The zero-order valence-corrected chi connectivity index (χ0v) is 12.3. The van der Waals surface area contributed by atoms with Crippen molar-refractivity contribution in [1.82, 2.24) is 10.2 Å². The minimum atomic E-state index is -0.304. The van der Waals surface area contributed by atoms with E-state index < -0.39 is 0 Å². The van der Waals surface area contributed by atoms with Crippen LogP contribution in [-0.4, -0.2) is 35.3 Å². The van der Waals surface area contributed by atoms with Gasteiger partial charge in [-0.1, -0.05) is 26.7 Å². The van der Waals surface area contributed by atoms with Gasteiger partial charge in [0.1, 0.15) is 12.1 Å². The molecule has 2 amide bonds. The van der Waals surface area contributed by atoms with Crippen molar-refractivity contribution in [2.45, 2.75) is 65.0 Å². The van der Waals surface area contributed by atoms with Gasteiger partial charge in [-0.2, -0.15) is 0 Å². The highest BCUT2D eigenvalue weighted by Crippen LogP contribution is 2.35. The van der Waals surface area contributed by atoms with E-state index in [0.29, 0.717) is 11.8 Å². The first-order valence-electron chi connectivity index (χ1n) is 7.61. The molecular weight excluding hydrogens is 240 g/mol. The number of carbonyl (C=O) groups is 2. The average Bonchev–Trinajstić information content (AvgIpc) is 3.16. The van der Waals surface area contributed by atoms with Crippen LogP contribution in [0, 0.1) is 11.8 Å². The zero-order chi connectivity index (χ0) is 14.0. The Kier molecular flexibility index (Phi) is 4.48. The molecule has 1 aliphatic heterocycles. The fraction of sp³-hybridized carbons (Fsp3) is 0.867. The molecule has 4 heteroatoms. The van der Waals surface area contributed by atoms with Gasteiger partial charge in [-0.25, -0.2) is 0 Å². The lowest BCUT2D eigenvalue weighted by molar-refractivity contribution is -0.149. The molecule has 1 aliphatic carbocycles. The lowest BCUT2D eigenvalue weighted by Gasteiger charge is -2.37. The van der Waals surface area contributed by atoms with E-state index in [4.69, 9.17) is 0 Å². The van der Waals surface area contributed by atoms with E-state index in [1.807, 2.05) is 6.92 Å². The van der Waals surface area contributed by atoms with Crippen molar-refractivity contribution in [3.8, 4) is 0 Å². The molecule has 2 rings (SSSR count). The predicted molar refractivity (Wildman–Crippen MR) is 74.5 cm³/mol. The maximum absolute atomic E-state index is 12.4. The van der Waals surface area contributed by atoms with E-state index >= 15 is 0 Å². The quantitative estimate of drug-likeness (QED) is 0.747. The summed E-state index contributed by atoms with van der Waals surface area (Å²) in [4.78, 5) is 26.1. The first-order valence-corrected chi connectivity index (χ1v) is 7.61. The Morgan fingerprint density at radius 2 is 1.95 bits per heavy atom. The Balaban J connectivity index is 1.88. The van der Waals surface area contributed by atoms with Gasteiger partial charge in [0.05, 0.1) is 0 Å². The minimum Gasteiger partial charge on any atom is -0.342 e. The maximum atomic E-state index is 12.4. The number of rotatable bonds is 6. The Bertz CT molecular complexity index is 350. The molecule has 0 radical (unpaired) electrons. The third kappa shape index (κ3) is 3.48. The second-order valence-corrected chi connectivity index (χ2v) is 6.42. The molecule has 1 N–H and O–H groups in total. The summed E-state index contributed by atoms with van der Waals surface area (Å²) in [5, 5.41) is 2.89. The summed E-state index contributed by atoms with van der Waals surface area (Å²) in [6.07, 6.45) is 5.47. The summed E-state index contributed by atoms with van der Waals surface area (Å²) in [6, 6.07) is -0.546. The third-order valence-electron chi connectivity index (χ3n) is 4.22. The van der Waals surface area contributed by atoms with Crippen LogP contribution >= 0.6 is 0 Å². The Morgan fingerprint density at radius 1 is 1.26 bits per heavy atom. The first kappa shape index (κ1) is 14.4. The van der Waals surface area contributed by atoms with Crippen molar-refractivity contribution in [2.24, 2.45) is 11.8 Å². The summed E-state index contributed by atoms with van der Waals surface area (Å²) < 4.78 is 0. The van der Waals surface area contributed by atoms with Crippen molar-refractivity contribution in [3.05, 3.63) is 0 Å². The van der Waals surface area contributed by atoms with Crippen LogP contribution in [0.15, 0.2) is 0 Å². The van der Waals surface area contributed by atoms with Crippen molar-refractivity contribution in [3.63, 3.8) is 0 Å². The van der Waals surface area contributed by atoms with Crippen LogP contribution in [-0.2, 0) is 9.59 Å². The van der Waals surface area contributed by atoms with Gasteiger partial charge >= 0.3 is 0 Å². The molecular formula is C15H26N2O2. The van der Waals surface area contributed by atoms with E-state index in [9.17, 15) is 9.59 Å². The van der Waals surface area contributed by atoms with Gasteiger partial charge in [0.2, 0.25) is 11.8 Å². The molecule has 1 heterocycles. The summed E-state index contributed by atoms with van der Waals surface area (Å²) >= 11 is 0. The number of nitrogens with zero attached hydrogens (tertiary/aromatic N) is 1. The zero-order valence-electron chi connectivity index (χ0n) is 12.3. The van der Waals surface area contributed by atoms with E-state index in [0.717, 1.165) is 32.2 Å². The molecule has 2 aliphatic rings. The SMILES string of the molecule is CC(C)CCCCN1C(=O)C(C2CC2)NC(=O)C1C.